The molecule has 3 spiro atoms. The zero-order valence-electron chi connectivity index (χ0n) is 54.6. The molecule has 0 bridgehead atoms. The van der Waals surface area contributed by atoms with Crippen LogP contribution in [0.2, 0.25) is 0 Å². The molecule has 3 aromatic carbocycles. The number of carbonyl (C=O) groups excluding carboxylic acids is 5. The molecule has 10 rings (SSSR count). The second kappa shape index (κ2) is 29.4. The lowest BCUT2D eigenvalue weighted by atomic mass is 9.63. The molecular formula is C72H117FN8O5. The standard InChI is InChI=1S/C28H43N3O2.C25H38FN3O2.C19H28N2O.4H2/c1-21(32)31-16-10-22(11-17-31)26(33)29-25-9-12-28(24-8-6-5-7-23(24)25)14-19-30(20-15-28)18-13-27(2,3)4;1-18(30)27-13-8-23(31)28-22-7-9-25(21-17-19(26)5-6-20(21)22)11-15-29(16-12-25)14-10-24(2,3)4;1-3-12-21-13-10-19(11-14-21)9-8-18(20-15(2)22)16-6-4-5-7-17(16)19;;;;/h5-8,22,25H,9-20H2,1-4H3,(H,29,33);5-6,17,22H,7-16H2,1-4H3,(H,27,30)(H,28,31);4-7,18H,3,8-14H2,1-2H3,(H,20,22);4*1H/t25-;22-;18-;;;;/m100..../s1. The van der Waals surface area contributed by atoms with E-state index in [1.54, 1.807) is 19.9 Å². The maximum Gasteiger partial charge on any atom is 0.223 e. The van der Waals surface area contributed by atoms with Crippen molar-refractivity contribution in [3.05, 3.63) is 106 Å². The normalized spacial score (nSPS) is 22.8. The van der Waals surface area contributed by atoms with Gasteiger partial charge in [0, 0.05) is 58.5 Å². The number of hydrogen-bond donors (Lipinski definition) is 4. The lowest BCUT2D eigenvalue weighted by molar-refractivity contribution is -0.134. The van der Waals surface area contributed by atoms with Crippen molar-refractivity contribution in [1.29, 1.82) is 0 Å². The molecule has 0 aromatic heterocycles. The largest absolute Gasteiger partial charge is 0.356 e. The molecule has 4 heterocycles. The Bertz CT molecular complexity index is 2780. The zero-order valence-corrected chi connectivity index (χ0v) is 54.6. The number of halogens is 1. The third-order valence-corrected chi connectivity index (χ3v) is 20.9. The first-order valence-electron chi connectivity index (χ1n) is 33.4. The molecule has 13 nitrogen and oxygen atoms in total. The Morgan fingerprint density at radius 2 is 0.953 bits per heavy atom. The number of piperidine rings is 4. The lowest BCUT2D eigenvalue weighted by Gasteiger charge is -2.47. The minimum Gasteiger partial charge on any atom is -0.356 e. The number of rotatable bonds is 13. The summed E-state index contributed by atoms with van der Waals surface area (Å²) in [6, 6.07) is 23.0. The van der Waals surface area contributed by atoms with Crippen LogP contribution in [0.15, 0.2) is 66.7 Å². The summed E-state index contributed by atoms with van der Waals surface area (Å²) in [6.07, 6.45) is 18.8. The van der Waals surface area contributed by atoms with Gasteiger partial charge in [0.25, 0.3) is 0 Å². The maximum absolute atomic E-state index is 14.3. The lowest BCUT2D eigenvalue weighted by Crippen LogP contribution is -2.48. The summed E-state index contributed by atoms with van der Waals surface area (Å²) in [4.78, 5) is 69.2. The predicted octanol–water partition coefficient (Wildman–Crippen LogP) is 13.1. The van der Waals surface area contributed by atoms with E-state index in [0.29, 0.717) is 35.9 Å². The molecule has 86 heavy (non-hydrogen) atoms. The summed E-state index contributed by atoms with van der Waals surface area (Å²) in [5.74, 6) is -0.0334. The van der Waals surface area contributed by atoms with Crippen LogP contribution in [0.1, 0.15) is 242 Å². The number of nitrogens with one attached hydrogen (secondary N) is 4. The topological polar surface area (TPSA) is 146 Å². The van der Waals surface area contributed by atoms with Gasteiger partial charge in [0.15, 0.2) is 0 Å². The monoisotopic (exact) mass is 1190 g/mol. The number of carbonyl (C=O) groups is 5. The molecule has 0 saturated carbocycles. The Kier molecular flexibility index (Phi) is 22.8. The molecule has 482 valence electrons. The zero-order chi connectivity index (χ0) is 61.9. The minimum atomic E-state index is -0.203. The van der Waals surface area contributed by atoms with Crippen LogP contribution in [0.4, 0.5) is 4.39 Å². The molecule has 3 atom stereocenters. The molecule has 7 aliphatic rings. The van der Waals surface area contributed by atoms with Gasteiger partial charge in [0.05, 0.1) is 18.1 Å². The average Bonchev–Trinajstić information content (AvgIpc) is 0.845. The van der Waals surface area contributed by atoms with E-state index < -0.39 is 0 Å². The molecule has 4 saturated heterocycles. The summed E-state index contributed by atoms with van der Waals surface area (Å²) in [7, 11) is 0. The SMILES string of the molecule is CC(=O)N1CCC(C(=O)N[C@@H]2CCC3(CCN(CCC(C)(C)C)CC3)c3ccccc32)CC1.CC(=O)NCCC(=O)N[C@H]1CCC2(CCN(CCC(C)(C)C)CC2)c2cc(F)ccc21.CCCN1CCC2(CC[C@H](NC(C)=O)c3ccccc32)CC1.[HH].[HH].[HH].[HH]. The molecule has 3 aliphatic carbocycles. The summed E-state index contributed by atoms with van der Waals surface area (Å²) < 4.78 is 14.3. The Labute approximate surface area is 522 Å². The Morgan fingerprint density at radius 3 is 1.40 bits per heavy atom. The fourth-order valence-corrected chi connectivity index (χ4v) is 15.5. The molecule has 0 unspecified atom stereocenters. The fourth-order valence-electron chi connectivity index (χ4n) is 15.5. The van der Waals surface area contributed by atoms with Crippen molar-refractivity contribution < 1.29 is 34.1 Å². The average molecular weight is 1190 g/mol. The van der Waals surface area contributed by atoms with Crippen LogP contribution in [0, 0.1) is 22.6 Å². The Morgan fingerprint density at radius 1 is 0.523 bits per heavy atom. The quantitative estimate of drug-likeness (QED) is 0.132. The Hall–Kier alpha value is -5.18. The van der Waals surface area contributed by atoms with Crippen LogP contribution in [-0.4, -0.2) is 128 Å². The molecule has 4 aliphatic heterocycles. The highest BCUT2D eigenvalue weighted by Gasteiger charge is 2.45. The van der Waals surface area contributed by atoms with Gasteiger partial charge < -0.3 is 40.9 Å². The second-order valence-electron chi connectivity index (χ2n) is 29.5. The molecular weight excluding hydrogens is 1080 g/mol. The molecule has 0 radical (unpaired) electrons. The second-order valence-corrected chi connectivity index (χ2v) is 29.5. The summed E-state index contributed by atoms with van der Waals surface area (Å²) in [5, 5.41) is 12.3. The van der Waals surface area contributed by atoms with Crippen molar-refractivity contribution in [2.24, 2.45) is 16.7 Å². The number of hydrogen-bond acceptors (Lipinski definition) is 8. The first kappa shape index (κ1) is 66.8. The van der Waals surface area contributed by atoms with Crippen LogP contribution >= 0.6 is 0 Å². The van der Waals surface area contributed by atoms with Crippen LogP contribution in [0.3, 0.4) is 0 Å². The Balaban J connectivity index is 0.000000287. The number of likely N-dealkylation sites (tertiary alicyclic amines) is 4. The van der Waals surface area contributed by atoms with Crippen LogP contribution in [-0.2, 0) is 40.2 Å². The van der Waals surface area contributed by atoms with Crippen LogP contribution in [0.5, 0.6) is 0 Å². The van der Waals surface area contributed by atoms with Gasteiger partial charge in [0.2, 0.25) is 29.5 Å². The van der Waals surface area contributed by atoms with Gasteiger partial charge in [-0.1, -0.05) is 103 Å². The van der Waals surface area contributed by atoms with E-state index in [1.165, 1.54) is 126 Å². The number of fused-ring (bicyclic) bond motifs is 6. The number of benzene rings is 3. The molecule has 14 heteroatoms. The van der Waals surface area contributed by atoms with E-state index in [9.17, 15) is 28.4 Å². The molecule has 5 amide bonds. The van der Waals surface area contributed by atoms with Crippen molar-refractivity contribution >= 4 is 29.5 Å². The van der Waals surface area contributed by atoms with E-state index >= 15 is 0 Å². The first-order valence-corrected chi connectivity index (χ1v) is 33.4. The van der Waals surface area contributed by atoms with E-state index in [4.69, 9.17) is 0 Å². The van der Waals surface area contributed by atoms with Crippen LogP contribution < -0.4 is 21.3 Å². The van der Waals surface area contributed by atoms with E-state index in [2.05, 4.69) is 133 Å². The van der Waals surface area contributed by atoms with Gasteiger partial charge in [-0.3, -0.25) is 24.0 Å². The predicted molar refractivity (Wildman–Crippen MR) is 353 cm³/mol. The summed E-state index contributed by atoms with van der Waals surface area (Å²) in [6.45, 7) is 32.9. The third-order valence-electron chi connectivity index (χ3n) is 20.9. The van der Waals surface area contributed by atoms with Crippen molar-refractivity contribution in [3.63, 3.8) is 0 Å². The van der Waals surface area contributed by atoms with E-state index in [0.717, 1.165) is 88.5 Å². The van der Waals surface area contributed by atoms with Crippen molar-refractivity contribution in [2.45, 2.75) is 219 Å². The first-order chi connectivity index (χ1) is 40.9. The van der Waals surface area contributed by atoms with Gasteiger partial charge >= 0.3 is 0 Å². The highest BCUT2D eigenvalue weighted by Crippen LogP contribution is 2.51. The number of nitrogens with zero attached hydrogens (tertiary/aromatic N) is 4. The highest BCUT2D eigenvalue weighted by molar-refractivity contribution is 5.80. The molecule has 3 aromatic rings. The highest BCUT2D eigenvalue weighted by atomic mass is 19.1. The smallest absolute Gasteiger partial charge is 0.223 e. The molecule has 4 fully saturated rings. The summed E-state index contributed by atoms with van der Waals surface area (Å²) in [5.41, 5.74) is 9.15. The van der Waals surface area contributed by atoms with E-state index in [1.807, 2.05) is 11.0 Å². The molecule has 4 N–H and O–H groups in total. The third kappa shape index (κ3) is 17.6. The fraction of sp³-hybridized carbons (Fsp3) is 0.681. The minimum absolute atomic E-state index is 0. The van der Waals surface area contributed by atoms with Crippen LogP contribution in [0.25, 0.3) is 0 Å². The van der Waals surface area contributed by atoms with Gasteiger partial charge in [-0.05, 0) is 241 Å². The van der Waals surface area contributed by atoms with Gasteiger partial charge in [0.1, 0.15) is 5.82 Å². The van der Waals surface area contributed by atoms with Gasteiger partial charge in [-0.15, -0.1) is 0 Å². The number of amides is 5. The summed E-state index contributed by atoms with van der Waals surface area (Å²) >= 11 is 0. The van der Waals surface area contributed by atoms with Crippen molar-refractivity contribution in [2.75, 3.05) is 78.5 Å². The van der Waals surface area contributed by atoms with E-state index in [-0.39, 0.29) is 82.4 Å². The van der Waals surface area contributed by atoms with Crippen molar-refractivity contribution in [1.82, 2.24) is 40.9 Å². The van der Waals surface area contributed by atoms with Gasteiger partial charge in [-0.2, -0.15) is 0 Å². The van der Waals surface area contributed by atoms with Gasteiger partial charge in [-0.25, -0.2) is 4.39 Å². The van der Waals surface area contributed by atoms with Crippen molar-refractivity contribution in [3.8, 4) is 0 Å². The maximum atomic E-state index is 14.3.